The fourth-order valence-corrected chi connectivity index (χ4v) is 6.86. The number of aliphatic imine (C=N–C) groups is 1. The van der Waals surface area contributed by atoms with Gasteiger partial charge in [-0.1, -0.05) is 25.5 Å². The Morgan fingerprint density at radius 3 is 2.72 bits per heavy atom. The van der Waals surface area contributed by atoms with Crippen LogP contribution in [0.3, 0.4) is 0 Å². The number of quaternary nitrogens is 1. The fraction of sp³-hybridized carbons (Fsp3) is 0.531. The summed E-state index contributed by atoms with van der Waals surface area (Å²) in [5.74, 6) is -0.218. The Morgan fingerprint density at radius 2 is 2.02 bits per heavy atom. The molecule has 2 aliphatic heterocycles. The van der Waals surface area contributed by atoms with E-state index in [2.05, 4.69) is 35.3 Å². The molecule has 5 rings (SSSR count). The van der Waals surface area contributed by atoms with Gasteiger partial charge in [-0.15, -0.1) is 0 Å². The first-order valence-electron chi connectivity index (χ1n) is 15.2. The number of nitrogens with one attached hydrogen (secondary N) is 3. The van der Waals surface area contributed by atoms with Gasteiger partial charge < -0.3 is 30.5 Å². The third-order valence-electron chi connectivity index (χ3n) is 9.23. The highest BCUT2D eigenvalue weighted by atomic mass is 16.7. The smallest absolute Gasteiger partial charge is 0.265 e. The highest BCUT2D eigenvalue weighted by Crippen LogP contribution is 2.41. The van der Waals surface area contributed by atoms with E-state index in [1.165, 1.54) is 0 Å². The summed E-state index contributed by atoms with van der Waals surface area (Å²) in [6.07, 6.45) is 3.05. The number of carbonyl (C=O) groups is 2. The van der Waals surface area contributed by atoms with Gasteiger partial charge in [0.25, 0.3) is 11.8 Å². The van der Waals surface area contributed by atoms with Gasteiger partial charge in [0, 0.05) is 62.8 Å². The second kappa shape index (κ2) is 13.5. The number of carbonyl (C=O) groups excluding carboxylic acids is 2. The van der Waals surface area contributed by atoms with Gasteiger partial charge in [-0.25, -0.2) is 4.99 Å². The monoisotopic (exact) mass is 592 g/mol. The van der Waals surface area contributed by atoms with Crippen molar-refractivity contribution in [1.29, 1.82) is 0 Å². The molecule has 11 heteroatoms. The van der Waals surface area contributed by atoms with Gasteiger partial charge in [0.05, 0.1) is 19.3 Å². The van der Waals surface area contributed by atoms with Gasteiger partial charge in [-0.05, 0) is 55.8 Å². The molecule has 0 aromatic heterocycles. The number of hydrogen-bond acceptors (Lipinski definition) is 8. The molecule has 1 saturated heterocycles. The normalized spacial score (nSPS) is 28.6. The summed E-state index contributed by atoms with van der Waals surface area (Å²) in [5.41, 5.74) is 3.93. The number of rotatable bonds is 10. The molecule has 2 amide bonds. The lowest BCUT2D eigenvalue weighted by molar-refractivity contribution is -0.794. The van der Waals surface area contributed by atoms with Crippen LogP contribution in [-0.4, -0.2) is 82.8 Å². The Hall–Kier alpha value is -3.35. The van der Waals surface area contributed by atoms with Crippen molar-refractivity contribution in [3.8, 4) is 0 Å². The summed E-state index contributed by atoms with van der Waals surface area (Å²) in [4.78, 5) is 37.8. The van der Waals surface area contributed by atoms with Crippen LogP contribution in [0.2, 0.25) is 0 Å². The number of fused-ring (bicyclic) bond motifs is 1. The summed E-state index contributed by atoms with van der Waals surface area (Å²) >= 11 is 0. The van der Waals surface area contributed by atoms with Crippen LogP contribution >= 0.6 is 0 Å². The van der Waals surface area contributed by atoms with Gasteiger partial charge in [-0.3, -0.25) is 14.4 Å². The zero-order valence-corrected chi connectivity index (χ0v) is 25.5. The summed E-state index contributed by atoms with van der Waals surface area (Å²) in [5, 5.41) is 20.8. The van der Waals surface area contributed by atoms with Crippen LogP contribution in [-0.2, 0) is 14.4 Å². The van der Waals surface area contributed by atoms with Crippen molar-refractivity contribution in [3.05, 3.63) is 58.8 Å². The predicted molar refractivity (Wildman–Crippen MR) is 167 cm³/mol. The maximum atomic E-state index is 13.5. The third kappa shape index (κ3) is 6.46. The van der Waals surface area contributed by atoms with E-state index in [1.54, 1.807) is 18.2 Å². The molecule has 2 fully saturated rings. The lowest BCUT2D eigenvalue weighted by Gasteiger charge is -2.40. The van der Waals surface area contributed by atoms with Crippen LogP contribution in [0.25, 0.3) is 0 Å². The van der Waals surface area contributed by atoms with Crippen molar-refractivity contribution in [3.63, 3.8) is 0 Å². The van der Waals surface area contributed by atoms with E-state index in [1.807, 2.05) is 49.3 Å². The van der Waals surface area contributed by atoms with Crippen LogP contribution < -0.4 is 20.6 Å². The van der Waals surface area contributed by atoms with Gasteiger partial charge in [-0.2, -0.15) is 5.06 Å². The molecule has 7 atom stereocenters. The molecule has 3 N–H and O–H groups in total. The molecule has 3 aliphatic rings. The van der Waals surface area contributed by atoms with E-state index < -0.39 is 12.2 Å². The second-order valence-electron chi connectivity index (χ2n) is 12.0. The van der Waals surface area contributed by atoms with Gasteiger partial charge in [0.2, 0.25) is 0 Å². The molecule has 11 nitrogen and oxygen atoms in total. The number of benzene rings is 2. The maximum absolute atomic E-state index is 13.5. The Balaban J connectivity index is 1.33. The van der Waals surface area contributed by atoms with E-state index in [-0.39, 0.29) is 47.3 Å². The average molecular weight is 593 g/mol. The first kappa shape index (κ1) is 31.1. The predicted octanol–water partition coefficient (Wildman–Crippen LogP) is 2.72. The molecule has 0 spiro atoms. The molecule has 6 unspecified atom stereocenters. The van der Waals surface area contributed by atoms with Crippen molar-refractivity contribution < 1.29 is 24.2 Å². The zero-order chi connectivity index (χ0) is 30.7. The van der Waals surface area contributed by atoms with Gasteiger partial charge in [0.15, 0.2) is 11.9 Å². The van der Waals surface area contributed by atoms with Crippen LogP contribution in [0.15, 0.2) is 47.5 Å². The van der Waals surface area contributed by atoms with Gasteiger partial charge >= 0.3 is 0 Å². The molecule has 2 heterocycles. The molecule has 232 valence electrons. The van der Waals surface area contributed by atoms with E-state index in [4.69, 9.17) is 9.57 Å². The van der Waals surface area contributed by atoms with Crippen molar-refractivity contribution in [1.82, 2.24) is 10.4 Å². The first-order chi connectivity index (χ1) is 20.7. The number of hydrogen-bond donors (Lipinski definition) is 3. The molecule has 1 saturated carbocycles. The summed E-state index contributed by atoms with van der Waals surface area (Å²) in [6.45, 7) is 6.77. The van der Waals surface area contributed by atoms with Crippen LogP contribution in [0, 0.1) is 17.0 Å². The minimum atomic E-state index is -0.498. The lowest BCUT2D eigenvalue weighted by Crippen LogP contribution is -3.07. The molecule has 2 aromatic carbocycles. The molecule has 2 aromatic rings. The number of para-hydroxylation sites is 2. The van der Waals surface area contributed by atoms with E-state index >= 15 is 0 Å². The quantitative estimate of drug-likeness (QED) is 0.284. The number of methoxy groups -OCH3 is 1. The van der Waals surface area contributed by atoms with E-state index in [0.29, 0.717) is 24.4 Å². The van der Waals surface area contributed by atoms with Gasteiger partial charge in [0.1, 0.15) is 11.7 Å². The number of hydroxylamine groups is 3. The molecule has 43 heavy (non-hydrogen) atoms. The Kier molecular flexibility index (Phi) is 9.78. The highest BCUT2D eigenvalue weighted by molar-refractivity contribution is 5.95. The van der Waals surface area contributed by atoms with Crippen LogP contribution in [0.4, 0.5) is 17.1 Å². The second-order valence-corrected chi connectivity index (χ2v) is 12.0. The van der Waals surface area contributed by atoms with Crippen molar-refractivity contribution in [2.45, 2.75) is 56.8 Å². The average Bonchev–Trinajstić information content (AvgIpc) is 3.58. The van der Waals surface area contributed by atoms with Crippen LogP contribution in [0.1, 0.15) is 54.4 Å². The molecule has 0 bridgehead atoms. The molecule has 0 radical (unpaired) electrons. The SMILES string of the molecule is C=NC(=O)C1[C@@H](CC)CON1CC1CCCC(c2cc(C(=O)NCC3Nc4ccccc4[NH+]3[O-])cc(N(C)C)c2)C1OC. The summed E-state index contributed by atoms with van der Waals surface area (Å²) in [7, 11) is 5.64. The number of amides is 2. The molecular weight excluding hydrogens is 548 g/mol. The third-order valence-corrected chi connectivity index (χ3v) is 9.23. The Labute approximate surface area is 253 Å². The van der Waals surface area contributed by atoms with Crippen molar-refractivity contribution >= 4 is 35.6 Å². The van der Waals surface area contributed by atoms with E-state index in [9.17, 15) is 14.8 Å². The van der Waals surface area contributed by atoms with Crippen LogP contribution in [0.5, 0.6) is 0 Å². The summed E-state index contributed by atoms with van der Waals surface area (Å²) in [6, 6.07) is 12.9. The molecular formula is C32H44N6O5. The number of nitrogens with zero attached hydrogens (tertiary/aromatic N) is 3. The lowest BCUT2D eigenvalue weighted by atomic mass is 9.74. The van der Waals surface area contributed by atoms with E-state index in [0.717, 1.165) is 42.6 Å². The topological polar surface area (TPSA) is 123 Å². The zero-order valence-electron chi connectivity index (χ0n) is 25.5. The summed E-state index contributed by atoms with van der Waals surface area (Å²) < 4.78 is 6.15. The fourth-order valence-electron chi connectivity index (χ4n) is 6.86. The number of ether oxygens (including phenoxy) is 1. The van der Waals surface area contributed by atoms with Crippen molar-refractivity contribution in [2.24, 2.45) is 16.8 Å². The largest absolute Gasteiger partial charge is 0.627 e. The minimum absolute atomic E-state index is 0.0186. The first-order valence-corrected chi connectivity index (χ1v) is 15.2. The highest BCUT2D eigenvalue weighted by Gasteiger charge is 2.43. The molecule has 1 aliphatic carbocycles. The minimum Gasteiger partial charge on any atom is -0.627 e. The Morgan fingerprint density at radius 1 is 1.23 bits per heavy atom. The number of anilines is 2. The van der Waals surface area contributed by atoms with Crippen molar-refractivity contribution in [2.75, 3.05) is 51.1 Å². The maximum Gasteiger partial charge on any atom is 0.265 e. The Bertz CT molecular complexity index is 1320. The standard InChI is InChI=1S/C32H44N6O5/c1-6-20-19-43-37(29(20)32(40)33-2)18-21-10-9-11-25(30(21)42-5)22-14-23(16-24(15-22)36(3)4)31(39)34-17-28-35-26-12-7-8-13-27(26)38(28)41/h7-8,12-16,20-21,25,28-30,35,38H,2,6,9-11,17-19H2,1,3-5H3,(H,34,39)/t20-,21?,25?,28?,29?,30?/m0/s1.